The molecule has 0 aliphatic heterocycles. The number of halogens is 3. The Morgan fingerprint density at radius 2 is 1.85 bits per heavy atom. The summed E-state index contributed by atoms with van der Waals surface area (Å²) in [5, 5.41) is 13.9. The maximum absolute atomic E-state index is 13.1. The van der Waals surface area contributed by atoms with Crippen molar-refractivity contribution >= 4 is 43.2 Å². The van der Waals surface area contributed by atoms with Gasteiger partial charge < -0.3 is 5.32 Å². The Morgan fingerprint density at radius 1 is 1.15 bits per heavy atom. The van der Waals surface area contributed by atoms with E-state index in [1.165, 1.54) is 18.2 Å². The highest BCUT2D eigenvalue weighted by Crippen LogP contribution is 2.27. The van der Waals surface area contributed by atoms with Gasteiger partial charge in [0.25, 0.3) is 5.69 Å². The molecule has 1 N–H and O–H groups in total. The molecule has 20 heavy (non-hydrogen) atoms. The average Bonchev–Trinajstić information content (AvgIpc) is 2.41. The van der Waals surface area contributed by atoms with Crippen LogP contribution in [0.25, 0.3) is 0 Å². The third-order valence-electron chi connectivity index (χ3n) is 2.62. The van der Waals surface area contributed by atoms with Gasteiger partial charge in [-0.3, -0.25) is 10.1 Å². The molecule has 0 saturated heterocycles. The Kier molecular flexibility index (Phi) is 4.72. The molecule has 0 amide bonds. The fourth-order valence-electron chi connectivity index (χ4n) is 1.64. The van der Waals surface area contributed by atoms with Crippen LogP contribution in [0.3, 0.4) is 0 Å². The highest BCUT2D eigenvalue weighted by atomic mass is 79.9. The van der Waals surface area contributed by atoms with Gasteiger partial charge in [0.05, 0.1) is 15.1 Å². The van der Waals surface area contributed by atoms with E-state index in [2.05, 4.69) is 37.2 Å². The number of nitro groups is 1. The van der Waals surface area contributed by atoms with Crippen molar-refractivity contribution in [3.8, 4) is 0 Å². The molecule has 2 rings (SSSR count). The van der Waals surface area contributed by atoms with Crippen molar-refractivity contribution in [2.75, 3.05) is 5.32 Å². The third-order valence-corrected chi connectivity index (χ3v) is 3.98. The van der Waals surface area contributed by atoms with Crippen LogP contribution in [0.5, 0.6) is 0 Å². The van der Waals surface area contributed by atoms with Crippen LogP contribution in [0.2, 0.25) is 0 Å². The standard InChI is InChI=1S/C13H9Br2FN2O2/c14-10-4-2-9(16)6-12(10)17-7-8-1-3-11(15)13(5-8)18(19)20/h1-6,17H,7H2. The Morgan fingerprint density at radius 3 is 2.55 bits per heavy atom. The molecule has 0 aliphatic carbocycles. The van der Waals surface area contributed by atoms with Crippen LogP contribution in [-0.4, -0.2) is 4.92 Å². The Labute approximate surface area is 131 Å². The molecule has 0 saturated carbocycles. The van der Waals surface area contributed by atoms with Crippen molar-refractivity contribution < 1.29 is 9.31 Å². The molecule has 0 spiro atoms. The van der Waals surface area contributed by atoms with E-state index < -0.39 is 4.92 Å². The number of nitrogens with zero attached hydrogens (tertiary/aromatic N) is 1. The molecule has 0 aromatic heterocycles. The third kappa shape index (κ3) is 3.55. The van der Waals surface area contributed by atoms with E-state index in [-0.39, 0.29) is 11.5 Å². The molecule has 0 atom stereocenters. The highest BCUT2D eigenvalue weighted by Gasteiger charge is 2.12. The van der Waals surface area contributed by atoms with E-state index in [4.69, 9.17) is 0 Å². The van der Waals surface area contributed by atoms with E-state index >= 15 is 0 Å². The smallest absolute Gasteiger partial charge is 0.283 e. The second-order valence-electron chi connectivity index (χ2n) is 4.02. The zero-order valence-corrected chi connectivity index (χ0v) is 13.2. The molecule has 2 aromatic rings. The van der Waals surface area contributed by atoms with E-state index in [0.717, 1.165) is 10.0 Å². The molecule has 2 aromatic carbocycles. The van der Waals surface area contributed by atoms with Crippen LogP contribution in [0.4, 0.5) is 15.8 Å². The van der Waals surface area contributed by atoms with Gasteiger partial charge in [-0.05, 0) is 61.7 Å². The van der Waals surface area contributed by atoms with Crippen molar-refractivity contribution in [2.24, 2.45) is 0 Å². The van der Waals surface area contributed by atoms with Crippen LogP contribution in [0, 0.1) is 15.9 Å². The minimum atomic E-state index is -0.453. The number of rotatable bonds is 4. The second kappa shape index (κ2) is 6.32. The van der Waals surface area contributed by atoms with Crippen molar-refractivity contribution in [3.63, 3.8) is 0 Å². The van der Waals surface area contributed by atoms with E-state index in [0.29, 0.717) is 16.7 Å². The lowest BCUT2D eigenvalue weighted by Crippen LogP contribution is -2.01. The first-order chi connectivity index (χ1) is 9.47. The zero-order chi connectivity index (χ0) is 14.7. The Balaban J connectivity index is 2.17. The predicted molar refractivity (Wildman–Crippen MR) is 82.2 cm³/mol. The van der Waals surface area contributed by atoms with E-state index in [1.807, 2.05) is 0 Å². The van der Waals surface area contributed by atoms with Crippen molar-refractivity contribution in [1.29, 1.82) is 0 Å². The molecule has 0 heterocycles. The number of anilines is 1. The normalized spacial score (nSPS) is 10.3. The number of hydrogen-bond acceptors (Lipinski definition) is 3. The molecule has 4 nitrogen and oxygen atoms in total. The van der Waals surface area contributed by atoms with Gasteiger partial charge in [-0.25, -0.2) is 4.39 Å². The zero-order valence-electron chi connectivity index (χ0n) is 10.1. The van der Waals surface area contributed by atoms with Gasteiger partial charge in [-0.2, -0.15) is 0 Å². The minimum absolute atomic E-state index is 0.00241. The molecule has 0 radical (unpaired) electrons. The van der Waals surface area contributed by atoms with Crippen molar-refractivity contribution in [1.82, 2.24) is 0 Å². The summed E-state index contributed by atoms with van der Waals surface area (Å²) in [5.41, 5.74) is 1.33. The number of benzene rings is 2. The predicted octanol–water partition coefficient (Wildman–Crippen LogP) is 4.87. The molecular formula is C13H9Br2FN2O2. The molecule has 0 bridgehead atoms. The fourth-order valence-corrected chi connectivity index (χ4v) is 2.42. The molecule has 7 heteroatoms. The SMILES string of the molecule is O=[N+]([O-])c1cc(CNc2cc(F)ccc2Br)ccc1Br. The molecule has 0 fully saturated rings. The summed E-state index contributed by atoms with van der Waals surface area (Å²) in [5.74, 6) is -0.350. The van der Waals surface area contributed by atoms with Crippen LogP contribution >= 0.6 is 31.9 Å². The van der Waals surface area contributed by atoms with Gasteiger partial charge in [0, 0.05) is 17.1 Å². The minimum Gasteiger partial charge on any atom is -0.380 e. The summed E-state index contributed by atoms with van der Waals surface area (Å²) in [6, 6.07) is 9.16. The first-order valence-electron chi connectivity index (χ1n) is 5.59. The van der Waals surface area contributed by atoms with Crippen LogP contribution < -0.4 is 5.32 Å². The van der Waals surface area contributed by atoms with Gasteiger partial charge in [0.1, 0.15) is 5.82 Å². The number of hydrogen-bond donors (Lipinski definition) is 1. The topological polar surface area (TPSA) is 55.2 Å². The summed E-state index contributed by atoms with van der Waals surface area (Å²) >= 11 is 6.44. The quantitative estimate of drug-likeness (QED) is 0.585. The first-order valence-corrected chi connectivity index (χ1v) is 7.17. The van der Waals surface area contributed by atoms with Crippen LogP contribution in [-0.2, 0) is 6.54 Å². The summed E-state index contributed by atoms with van der Waals surface area (Å²) in [7, 11) is 0. The van der Waals surface area contributed by atoms with Crippen molar-refractivity contribution in [3.05, 3.63) is 66.8 Å². The lowest BCUT2D eigenvalue weighted by Gasteiger charge is -2.09. The maximum Gasteiger partial charge on any atom is 0.283 e. The molecule has 0 aliphatic rings. The van der Waals surface area contributed by atoms with E-state index in [9.17, 15) is 14.5 Å². The van der Waals surface area contributed by atoms with Gasteiger partial charge in [-0.1, -0.05) is 6.07 Å². The van der Waals surface area contributed by atoms with Crippen LogP contribution in [0.1, 0.15) is 5.56 Å². The van der Waals surface area contributed by atoms with E-state index in [1.54, 1.807) is 18.2 Å². The summed E-state index contributed by atoms with van der Waals surface area (Å²) in [6.45, 7) is 0.357. The second-order valence-corrected chi connectivity index (χ2v) is 5.73. The summed E-state index contributed by atoms with van der Waals surface area (Å²) < 4.78 is 14.3. The number of nitro benzene ring substituents is 1. The first kappa shape index (κ1) is 14.9. The Hall–Kier alpha value is -1.47. The van der Waals surface area contributed by atoms with Gasteiger partial charge in [-0.15, -0.1) is 0 Å². The molecular weight excluding hydrogens is 395 g/mol. The van der Waals surface area contributed by atoms with Gasteiger partial charge in [0.15, 0.2) is 0 Å². The molecule has 0 unspecified atom stereocenters. The van der Waals surface area contributed by atoms with Gasteiger partial charge in [0.2, 0.25) is 0 Å². The highest BCUT2D eigenvalue weighted by molar-refractivity contribution is 9.11. The lowest BCUT2D eigenvalue weighted by atomic mass is 10.2. The maximum atomic E-state index is 13.1. The Bertz CT molecular complexity index is 665. The van der Waals surface area contributed by atoms with Crippen molar-refractivity contribution in [2.45, 2.75) is 6.54 Å². The largest absolute Gasteiger partial charge is 0.380 e. The summed E-state index contributed by atoms with van der Waals surface area (Å²) in [6.07, 6.45) is 0. The monoisotopic (exact) mass is 402 g/mol. The number of nitrogens with one attached hydrogen (secondary N) is 1. The average molecular weight is 404 g/mol. The fraction of sp³-hybridized carbons (Fsp3) is 0.0769. The summed E-state index contributed by atoms with van der Waals surface area (Å²) in [4.78, 5) is 10.4. The van der Waals surface area contributed by atoms with Gasteiger partial charge >= 0.3 is 0 Å². The van der Waals surface area contributed by atoms with Crippen LogP contribution in [0.15, 0.2) is 45.3 Å². The lowest BCUT2D eigenvalue weighted by molar-refractivity contribution is -0.385. The molecule has 104 valence electrons.